The molecule has 5 nitrogen and oxygen atoms in total. The van der Waals surface area contributed by atoms with E-state index in [9.17, 15) is 8.42 Å². The Hall–Kier alpha value is -0.170. The van der Waals surface area contributed by atoms with Crippen molar-refractivity contribution in [3.8, 4) is 0 Å². The minimum atomic E-state index is -3.25. The highest BCUT2D eigenvalue weighted by atomic mass is 32.2. The molecule has 2 saturated heterocycles. The molecule has 0 aromatic heterocycles. The first-order valence-corrected chi connectivity index (χ1v) is 6.95. The van der Waals surface area contributed by atoms with E-state index >= 15 is 0 Å². The van der Waals surface area contributed by atoms with Gasteiger partial charge in [0.05, 0.1) is 0 Å². The fraction of sp³-hybridized carbons (Fsp3) is 1.00. The molecule has 2 aliphatic heterocycles. The largest absolute Gasteiger partial charge is 0.316 e. The van der Waals surface area contributed by atoms with Gasteiger partial charge in [0.15, 0.2) is 0 Å². The molecule has 2 aliphatic rings. The molecule has 2 N–H and O–H groups in total. The number of hydrogen-bond donors (Lipinski definition) is 2. The van der Waals surface area contributed by atoms with E-state index in [2.05, 4.69) is 17.0 Å². The Bertz CT molecular complexity index is 330. The lowest BCUT2D eigenvalue weighted by Gasteiger charge is -2.25. The van der Waals surface area contributed by atoms with Gasteiger partial charge in [-0.15, -0.1) is 0 Å². The summed E-state index contributed by atoms with van der Waals surface area (Å²) in [6.07, 6.45) is 0.893. The lowest BCUT2D eigenvalue weighted by Crippen LogP contribution is -2.44. The average molecular weight is 233 g/mol. The summed E-state index contributed by atoms with van der Waals surface area (Å²) >= 11 is 0. The highest BCUT2D eigenvalue weighted by molar-refractivity contribution is 7.87. The molecule has 88 valence electrons. The summed E-state index contributed by atoms with van der Waals surface area (Å²) in [5, 5.41) is 3.34. The molecule has 3 atom stereocenters. The lowest BCUT2D eigenvalue weighted by molar-refractivity contribution is 0.326. The van der Waals surface area contributed by atoms with Gasteiger partial charge in [-0.05, 0) is 31.3 Å². The third-order valence-electron chi connectivity index (χ3n) is 3.66. The van der Waals surface area contributed by atoms with Crippen LogP contribution in [0.4, 0.5) is 0 Å². The lowest BCUT2D eigenvalue weighted by atomic mass is 9.93. The molecule has 0 spiro atoms. The molecule has 2 fully saturated rings. The predicted molar refractivity (Wildman–Crippen MR) is 58.6 cm³/mol. The molecule has 0 radical (unpaired) electrons. The van der Waals surface area contributed by atoms with Gasteiger partial charge in [-0.1, -0.05) is 6.92 Å². The van der Waals surface area contributed by atoms with Crippen LogP contribution in [0, 0.1) is 11.8 Å². The van der Waals surface area contributed by atoms with Crippen LogP contribution in [0.15, 0.2) is 0 Å². The van der Waals surface area contributed by atoms with Gasteiger partial charge in [-0.2, -0.15) is 12.7 Å². The van der Waals surface area contributed by atoms with Gasteiger partial charge >= 0.3 is 0 Å². The van der Waals surface area contributed by atoms with Crippen LogP contribution in [0.25, 0.3) is 0 Å². The predicted octanol–water partition coefficient (Wildman–Crippen LogP) is -0.620. The van der Waals surface area contributed by atoms with E-state index in [0.717, 1.165) is 19.5 Å². The van der Waals surface area contributed by atoms with Gasteiger partial charge in [0.25, 0.3) is 10.2 Å². The second-order valence-electron chi connectivity index (χ2n) is 4.34. The maximum atomic E-state index is 11.8. The van der Waals surface area contributed by atoms with Crippen LogP contribution in [-0.2, 0) is 10.2 Å². The minimum absolute atomic E-state index is 0.169. The zero-order chi connectivity index (χ0) is 11.1. The van der Waals surface area contributed by atoms with Crippen molar-refractivity contribution in [2.45, 2.75) is 19.4 Å². The molecule has 0 aromatic rings. The van der Waals surface area contributed by atoms with Gasteiger partial charge in [0, 0.05) is 19.6 Å². The zero-order valence-electron chi connectivity index (χ0n) is 9.23. The Morgan fingerprint density at radius 1 is 1.47 bits per heavy atom. The summed E-state index contributed by atoms with van der Waals surface area (Å²) in [5.41, 5.74) is 0. The standard InChI is InChI=1S/C9H19N3O2S/c1-3-9-8-5-11-4-7(8)6-12(9)15(13,14)10-2/h7-11H,3-6H2,1-2H3. The van der Waals surface area contributed by atoms with Crippen molar-refractivity contribution in [1.82, 2.24) is 14.3 Å². The van der Waals surface area contributed by atoms with Crippen LogP contribution in [0.5, 0.6) is 0 Å². The van der Waals surface area contributed by atoms with Crippen molar-refractivity contribution < 1.29 is 8.42 Å². The van der Waals surface area contributed by atoms with Gasteiger partial charge < -0.3 is 5.32 Å². The van der Waals surface area contributed by atoms with E-state index in [1.54, 1.807) is 4.31 Å². The van der Waals surface area contributed by atoms with Crippen molar-refractivity contribution in [1.29, 1.82) is 0 Å². The number of nitrogens with zero attached hydrogens (tertiary/aromatic N) is 1. The maximum Gasteiger partial charge on any atom is 0.279 e. The van der Waals surface area contributed by atoms with Crippen LogP contribution < -0.4 is 10.0 Å². The van der Waals surface area contributed by atoms with Gasteiger partial charge in [0.2, 0.25) is 0 Å². The molecular formula is C9H19N3O2S. The van der Waals surface area contributed by atoms with Gasteiger partial charge in [-0.3, -0.25) is 0 Å². The molecule has 3 unspecified atom stereocenters. The second-order valence-corrected chi connectivity index (χ2v) is 6.16. The monoisotopic (exact) mass is 233 g/mol. The Morgan fingerprint density at radius 3 is 2.80 bits per heavy atom. The second kappa shape index (κ2) is 4.01. The van der Waals surface area contributed by atoms with E-state index in [0.29, 0.717) is 18.4 Å². The SMILES string of the molecule is CCC1C2CNCC2CN1S(=O)(=O)NC. The van der Waals surface area contributed by atoms with E-state index in [-0.39, 0.29) is 6.04 Å². The van der Waals surface area contributed by atoms with Crippen molar-refractivity contribution in [3.05, 3.63) is 0 Å². The molecule has 6 heteroatoms. The van der Waals surface area contributed by atoms with E-state index in [1.165, 1.54) is 7.05 Å². The third kappa shape index (κ3) is 1.80. The number of fused-ring (bicyclic) bond motifs is 1. The fourth-order valence-corrected chi connectivity index (χ4v) is 4.17. The van der Waals surface area contributed by atoms with Crippen molar-refractivity contribution >= 4 is 10.2 Å². The highest BCUT2D eigenvalue weighted by Gasteiger charge is 2.47. The summed E-state index contributed by atoms with van der Waals surface area (Å²) in [4.78, 5) is 0. The van der Waals surface area contributed by atoms with Gasteiger partial charge in [0.1, 0.15) is 0 Å². The molecule has 0 amide bonds. The Balaban J connectivity index is 2.21. The topological polar surface area (TPSA) is 61.4 Å². The first-order chi connectivity index (χ1) is 7.10. The van der Waals surface area contributed by atoms with Crippen LogP contribution in [0.3, 0.4) is 0 Å². The summed E-state index contributed by atoms with van der Waals surface area (Å²) in [7, 11) is -1.77. The maximum absolute atomic E-state index is 11.8. The first kappa shape index (κ1) is 11.3. The highest BCUT2D eigenvalue weighted by Crippen LogP contribution is 2.35. The van der Waals surface area contributed by atoms with Crippen LogP contribution in [0.2, 0.25) is 0 Å². The number of rotatable bonds is 3. The van der Waals surface area contributed by atoms with Crippen LogP contribution >= 0.6 is 0 Å². The Kier molecular flexibility index (Phi) is 3.03. The summed E-state index contributed by atoms with van der Waals surface area (Å²) in [6.45, 7) is 4.64. The van der Waals surface area contributed by atoms with Crippen molar-refractivity contribution in [2.24, 2.45) is 11.8 Å². The van der Waals surface area contributed by atoms with Gasteiger partial charge in [-0.25, -0.2) is 4.72 Å². The molecule has 15 heavy (non-hydrogen) atoms. The summed E-state index contributed by atoms with van der Waals surface area (Å²) in [6, 6.07) is 0.169. The quantitative estimate of drug-likeness (QED) is 0.683. The van der Waals surface area contributed by atoms with Crippen molar-refractivity contribution in [3.63, 3.8) is 0 Å². The molecule has 0 aliphatic carbocycles. The van der Waals surface area contributed by atoms with Crippen molar-refractivity contribution in [2.75, 3.05) is 26.7 Å². The fourth-order valence-electron chi connectivity index (χ4n) is 2.88. The molecule has 0 bridgehead atoms. The normalized spacial score (nSPS) is 37.1. The van der Waals surface area contributed by atoms with E-state index in [4.69, 9.17) is 0 Å². The van der Waals surface area contributed by atoms with Crippen LogP contribution in [-0.4, -0.2) is 45.4 Å². The average Bonchev–Trinajstić information content (AvgIpc) is 2.76. The smallest absolute Gasteiger partial charge is 0.279 e. The Labute approximate surface area is 91.4 Å². The molecule has 0 aromatic carbocycles. The molecular weight excluding hydrogens is 214 g/mol. The Morgan fingerprint density at radius 2 is 2.20 bits per heavy atom. The van der Waals surface area contributed by atoms with E-state index in [1.807, 2.05) is 0 Å². The summed E-state index contributed by atoms with van der Waals surface area (Å²) < 4.78 is 27.6. The molecule has 2 heterocycles. The minimum Gasteiger partial charge on any atom is -0.316 e. The van der Waals surface area contributed by atoms with E-state index < -0.39 is 10.2 Å². The number of nitrogens with one attached hydrogen (secondary N) is 2. The molecule has 2 rings (SSSR count). The summed E-state index contributed by atoms with van der Waals surface area (Å²) in [5.74, 6) is 0.996. The molecule has 0 saturated carbocycles. The number of hydrogen-bond acceptors (Lipinski definition) is 3. The zero-order valence-corrected chi connectivity index (χ0v) is 10.0. The first-order valence-electron chi connectivity index (χ1n) is 5.51. The van der Waals surface area contributed by atoms with Crippen LogP contribution in [0.1, 0.15) is 13.3 Å². The third-order valence-corrected chi connectivity index (χ3v) is 5.21.